The van der Waals surface area contributed by atoms with Gasteiger partial charge in [-0.15, -0.1) is 0 Å². The molecule has 1 saturated carbocycles. The van der Waals surface area contributed by atoms with Gasteiger partial charge in [0.2, 0.25) is 0 Å². The molecule has 1 unspecified atom stereocenters. The van der Waals surface area contributed by atoms with Gasteiger partial charge in [0.1, 0.15) is 11.2 Å². The lowest BCUT2D eigenvalue weighted by molar-refractivity contribution is -0.133. The molecule has 0 radical (unpaired) electrons. The van der Waals surface area contributed by atoms with Crippen molar-refractivity contribution in [1.82, 2.24) is 0 Å². The molecule has 0 spiro atoms. The minimum absolute atomic E-state index is 0.0260. The zero-order valence-electron chi connectivity index (χ0n) is 10.9. The normalized spacial score (nSPS) is 24.3. The van der Waals surface area contributed by atoms with Crippen molar-refractivity contribution in [3.63, 3.8) is 0 Å². The SMILES string of the molecule is C/C=C(\c1ccccc1)C1(C(C)=O)CCCC1=O. The number of Topliss-reactive ketones (excluding diaryl/α,β-unsaturated/α-hetero) is 2. The Bertz CT molecular complexity index is 499. The summed E-state index contributed by atoms with van der Waals surface area (Å²) in [6.45, 7) is 3.44. The second-order valence-electron chi connectivity index (χ2n) is 4.81. The van der Waals surface area contributed by atoms with Crippen molar-refractivity contribution >= 4 is 17.1 Å². The Labute approximate surface area is 108 Å². The molecule has 2 nitrogen and oxygen atoms in total. The number of carbonyl (C=O) groups is 2. The maximum Gasteiger partial charge on any atom is 0.150 e. The third kappa shape index (κ3) is 1.82. The molecule has 94 valence electrons. The predicted molar refractivity (Wildman–Crippen MR) is 72.1 cm³/mol. The maximum atomic E-state index is 12.2. The van der Waals surface area contributed by atoms with Crippen LogP contribution in [0.25, 0.3) is 5.57 Å². The van der Waals surface area contributed by atoms with Gasteiger partial charge in [-0.25, -0.2) is 0 Å². The quantitative estimate of drug-likeness (QED) is 0.761. The Morgan fingerprint density at radius 1 is 1.28 bits per heavy atom. The van der Waals surface area contributed by atoms with Crippen LogP contribution in [0.3, 0.4) is 0 Å². The Balaban J connectivity index is 2.55. The molecule has 1 fully saturated rings. The first kappa shape index (κ1) is 12.7. The van der Waals surface area contributed by atoms with Crippen LogP contribution in [0.2, 0.25) is 0 Å². The van der Waals surface area contributed by atoms with E-state index in [0.717, 1.165) is 17.6 Å². The molecule has 1 aromatic carbocycles. The second kappa shape index (κ2) is 4.89. The van der Waals surface area contributed by atoms with Crippen LogP contribution < -0.4 is 0 Å². The van der Waals surface area contributed by atoms with E-state index < -0.39 is 5.41 Å². The lowest BCUT2D eigenvalue weighted by atomic mass is 9.72. The Morgan fingerprint density at radius 3 is 2.39 bits per heavy atom. The molecule has 0 aromatic heterocycles. The van der Waals surface area contributed by atoms with Crippen LogP contribution in [0.4, 0.5) is 0 Å². The van der Waals surface area contributed by atoms with Gasteiger partial charge in [0.25, 0.3) is 0 Å². The summed E-state index contributed by atoms with van der Waals surface area (Å²) in [5.74, 6) is 0.0499. The van der Waals surface area contributed by atoms with Crippen molar-refractivity contribution < 1.29 is 9.59 Å². The number of ketones is 2. The van der Waals surface area contributed by atoms with Crippen molar-refractivity contribution in [2.24, 2.45) is 5.41 Å². The van der Waals surface area contributed by atoms with Crippen LogP contribution >= 0.6 is 0 Å². The van der Waals surface area contributed by atoms with Crippen molar-refractivity contribution in [2.75, 3.05) is 0 Å². The molecule has 0 aliphatic heterocycles. The molecule has 1 aliphatic rings. The third-order valence-electron chi connectivity index (χ3n) is 3.87. The molecule has 1 aromatic rings. The maximum absolute atomic E-state index is 12.2. The molecular weight excluding hydrogens is 224 g/mol. The smallest absolute Gasteiger partial charge is 0.150 e. The van der Waals surface area contributed by atoms with Crippen LogP contribution in [0.15, 0.2) is 36.4 Å². The minimum atomic E-state index is -0.893. The van der Waals surface area contributed by atoms with E-state index in [1.54, 1.807) is 0 Å². The third-order valence-corrected chi connectivity index (χ3v) is 3.87. The summed E-state index contributed by atoms with van der Waals surface area (Å²) >= 11 is 0. The van der Waals surface area contributed by atoms with Gasteiger partial charge in [0.15, 0.2) is 5.78 Å². The fraction of sp³-hybridized carbons (Fsp3) is 0.375. The predicted octanol–water partition coefficient (Wildman–Crippen LogP) is 3.42. The van der Waals surface area contributed by atoms with Gasteiger partial charge < -0.3 is 0 Å². The number of benzene rings is 1. The molecule has 2 heteroatoms. The van der Waals surface area contributed by atoms with E-state index in [2.05, 4.69) is 0 Å². The molecule has 1 atom stereocenters. The average molecular weight is 242 g/mol. The highest BCUT2D eigenvalue weighted by atomic mass is 16.2. The first-order valence-corrected chi connectivity index (χ1v) is 6.39. The highest BCUT2D eigenvalue weighted by molar-refractivity contribution is 6.17. The second-order valence-corrected chi connectivity index (χ2v) is 4.81. The molecule has 2 rings (SSSR count). The van der Waals surface area contributed by atoms with Crippen molar-refractivity contribution in [3.8, 4) is 0 Å². The number of rotatable bonds is 3. The molecule has 1 aliphatic carbocycles. The fourth-order valence-corrected chi connectivity index (χ4v) is 2.99. The average Bonchev–Trinajstić information content (AvgIpc) is 2.75. The van der Waals surface area contributed by atoms with Crippen molar-refractivity contribution in [2.45, 2.75) is 33.1 Å². The Morgan fingerprint density at radius 2 is 1.94 bits per heavy atom. The molecule has 0 N–H and O–H groups in total. The van der Waals surface area contributed by atoms with Crippen LogP contribution in [-0.2, 0) is 9.59 Å². The zero-order valence-corrected chi connectivity index (χ0v) is 10.9. The Kier molecular flexibility index (Phi) is 3.46. The lowest BCUT2D eigenvalue weighted by Crippen LogP contribution is -2.34. The topological polar surface area (TPSA) is 34.1 Å². The van der Waals surface area contributed by atoms with Crippen LogP contribution in [0.1, 0.15) is 38.7 Å². The Hall–Kier alpha value is -1.70. The highest BCUT2D eigenvalue weighted by Gasteiger charge is 2.48. The summed E-state index contributed by atoms with van der Waals surface area (Å²) < 4.78 is 0. The molecule has 0 bridgehead atoms. The van der Waals surface area contributed by atoms with E-state index in [0.29, 0.717) is 12.8 Å². The first-order valence-electron chi connectivity index (χ1n) is 6.39. The van der Waals surface area contributed by atoms with Gasteiger partial charge in [-0.1, -0.05) is 36.4 Å². The summed E-state index contributed by atoms with van der Waals surface area (Å²) in [6, 6.07) is 9.74. The molecule has 18 heavy (non-hydrogen) atoms. The van der Waals surface area contributed by atoms with E-state index in [9.17, 15) is 9.59 Å². The summed E-state index contributed by atoms with van der Waals surface area (Å²) in [4.78, 5) is 24.3. The molecular formula is C16H18O2. The number of carbonyl (C=O) groups excluding carboxylic acids is 2. The number of allylic oxidation sites excluding steroid dienone is 2. The highest BCUT2D eigenvalue weighted by Crippen LogP contribution is 2.46. The van der Waals surface area contributed by atoms with E-state index in [1.165, 1.54) is 6.92 Å². The van der Waals surface area contributed by atoms with E-state index in [-0.39, 0.29) is 11.6 Å². The van der Waals surface area contributed by atoms with E-state index in [4.69, 9.17) is 0 Å². The fourth-order valence-electron chi connectivity index (χ4n) is 2.99. The monoisotopic (exact) mass is 242 g/mol. The van der Waals surface area contributed by atoms with Gasteiger partial charge in [0.05, 0.1) is 0 Å². The largest absolute Gasteiger partial charge is 0.299 e. The van der Waals surface area contributed by atoms with Crippen molar-refractivity contribution in [3.05, 3.63) is 42.0 Å². The molecule has 0 saturated heterocycles. The lowest BCUT2D eigenvalue weighted by Gasteiger charge is -2.28. The standard InChI is InChI=1S/C16H18O2/c1-3-14(13-8-5-4-6-9-13)16(12(2)17)11-7-10-15(16)18/h3-6,8-9H,7,10-11H2,1-2H3/b14-3+. The first-order chi connectivity index (χ1) is 8.63. The van der Waals surface area contributed by atoms with Crippen LogP contribution in [0, 0.1) is 5.41 Å². The van der Waals surface area contributed by atoms with E-state index >= 15 is 0 Å². The molecule has 0 heterocycles. The molecule has 0 amide bonds. The van der Waals surface area contributed by atoms with Gasteiger partial charge >= 0.3 is 0 Å². The van der Waals surface area contributed by atoms with Crippen molar-refractivity contribution in [1.29, 1.82) is 0 Å². The van der Waals surface area contributed by atoms with Crippen LogP contribution in [-0.4, -0.2) is 11.6 Å². The summed E-state index contributed by atoms with van der Waals surface area (Å²) in [5.41, 5.74) is 0.958. The zero-order chi connectivity index (χ0) is 13.2. The summed E-state index contributed by atoms with van der Waals surface area (Å²) in [6.07, 6.45) is 3.89. The summed E-state index contributed by atoms with van der Waals surface area (Å²) in [5, 5.41) is 0. The summed E-state index contributed by atoms with van der Waals surface area (Å²) in [7, 11) is 0. The van der Waals surface area contributed by atoms with Gasteiger partial charge in [0, 0.05) is 6.42 Å². The van der Waals surface area contributed by atoms with E-state index in [1.807, 2.05) is 43.3 Å². The van der Waals surface area contributed by atoms with Gasteiger partial charge in [-0.3, -0.25) is 9.59 Å². The minimum Gasteiger partial charge on any atom is -0.299 e. The van der Waals surface area contributed by atoms with Gasteiger partial charge in [-0.05, 0) is 37.8 Å². The number of hydrogen-bond acceptors (Lipinski definition) is 2. The van der Waals surface area contributed by atoms with Gasteiger partial charge in [-0.2, -0.15) is 0 Å². The van der Waals surface area contributed by atoms with Crippen LogP contribution in [0.5, 0.6) is 0 Å². The number of hydrogen-bond donors (Lipinski definition) is 0.